The number of methoxy groups -OCH3 is 1. The van der Waals surface area contributed by atoms with Gasteiger partial charge in [-0.05, 0) is 43.9 Å². The lowest BCUT2D eigenvalue weighted by molar-refractivity contribution is -0.0472. The van der Waals surface area contributed by atoms with Crippen molar-refractivity contribution in [1.29, 1.82) is 0 Å². The lowest BCUT2D eigenvalue weighted by Crippen LogP contribution is -2.56. The average Bonchev–Trinajstić information content (AvgIpc) is 2.76. The maximum absolute atomic E-state index is 6.39. The van der Waals surface area contributed by atoms with E-state index in [1.54, 1.807) is 7.11 Å². The summed E-state index contributed by atoms with van der Waals surface area (Å²) in [5.41, 5.74) is 1.54. The molecule has 0 saturated heterocycles. The molecule has 21 heavy (non-hydrogen) atoms. The van der Waals surface area contributed by atoms with Crippen LogP contribution in [0.15, 0.2) is 18.2 Å². The molecule has 0 radical (unpaired) electrons. The minimum absolute atomic E-state index is 0.330. The molecule has 2 atom stereocenters. The molecule has 0 heterocycles. The van der Waals surface area contributed by atoms with E-state index in [2.05, 4.69) is 41.1 Å². The Labute approximate surface area is 136 Å². The zero-order chi connectivity index (χ0) is 14.9. The summed E-state index contributed by atoms with van der Waals surface area (Å²) in [7, 11) is 1.72. The minimum Gasteiger partial charge on any atom is -0.493 e. The Morgan fingerprint density at radius 2 is 1.81 bits per heavy atom. The third kappa shape index (κ3) is 2.81. The molecule has 0 aliphatic heterocycles. The van der Waals surface area contributed by atoms with E-state index in [0.717, 1.165) is 17.9 Å². The summed E-state index contributed by atoms with van der Waals surface area (Å²) in [6.45, 7) is 2.08. The van der Waals surface area contributed by atoms with Gasteiger partial charge in [-0.2, -0.15) is 0 Å². The second-order valence-electron chi connectivity index (χ2n) is 6.61. The lowest BCUT2D eigenvalue weighted by atomic mass is 9.61. The van der Waals surface area contributed by atoms with Crippen LogP contribution in [0.3, 0.4) is 0 Å². The molecule has 2 aliphatic rings. The number of aryl methyl sites for hydroxylation is 1. The standard InChI is InChI=1S/C18H25BrO2/c1-13-7-8-14(15(11-13)20-2)21-17-12-16(19)18(17)9-5-3-4-6-10-18/h7-8,11,16-17H,3-6,9-10,12H2,1-2H3. The Morgan fingerprint density at radius 3 is 2.43 bits per heavy atom. The molecule has 2 aliphatic carbocycles. The molecule has 0 N–H and O–H groups in total. The second-order valence-corrected chi connectivity index (χ2v) is 7.72. The van der Waals surface area contributed by atoms with Gasteiger partial charge in [-0.1, -0.05) is 47.7 Å². The zero-order valence-electron chi connectivity index (χ0n) is 13.0. The summed E-state index contributed by atoms with van der Waals surface area (Å²) in [5, 5.41) is 0. The Hall–Kier alpha value is -0.700. The first kappa shape index (κ1) is 15.2. The molecule has 3 rings (SSSR count). The van der Waals surface area contributed by atoms with Crippen LogP contribution in [0, 0.1) is 12.3 Å². The van der Waals surface area contributed by atoms with Crippen molar-refractivity contribution < 1.29 is 9.47 Å². The second kappa shape index (κ2) is 6.20. The summed E-state index contributed by atoms with van der Waals surface area (Å²) in [6, 6.07) is 6.21. The average molecular weight is 353 g/mol. The van der Waals surface area contributed by atoms with Gasteiger partial charge in [-0.3, -0.25) is 0 Å². The van der Waals surface area contributed by atoms with Crippen molar-refractivity contribution in [1.82, 2.24) is 0 Å². The van der Waals surface area contributed by atoms with E-state index in [1.165, 1.54) is 44.1 Å². The molecule has 0 bridgehead atoms. The van der Waals surface area contributed by atoms with Crippen LogP contribution in [0.2, 0.25) is 0 Å². The van der Waals surface area contributed by atoms with E-state index < -0.39 is 0 Å². The predicted molar refractivity (Wildman–Crippen MR) is 89.6 cm³/mol. The van der Waals surface area contributed by atoms with E-state index in [9.17, 15) is 0 Å². The highest BCUT2D eigenvalue weighted by molar-refractivity contribution is 9.09. The Morgan fingerprint density at radius 1 is 1.10 bits per heavy atom. The maximum atomic E-state index is 6.39. The van der Waals surface area contributed by atoms with Crippen molar-refractivity contribution >= 4 is 15.9 Å². The maximum Gasteiger partial charge on any atom is 0.161 e. The highest BCUT2D eigenvalue weighted by Gasteiger charge is 2.55. The Kier molecular flexibility index (Phi) is 4.49. The summed E-state index contributed by atoms with van der Waals surface area (Å²) >= 11 is 3.90. The first-order valence-electron chi connectivity index (χ1n) is 8.11. The predicted octanol–water partition coefficient (Wildman–Crippen LogP) is 5.26. The number of benzene rings is 1. The number of alkyl halides is 1. The molecule has 116 valence electrons. The van der Waals surface area contributed by atoms with Crippen LogP contribution in [-0.2, 0) is 0 Å². The van der Waals surface area contributed by atoms with Crippen LogP contribution in [0.4, 0.5) is 0 Å². The third-order valence-corrected chi connectivity index (χ3v) is 6.59. The third-order valence-electron chi connectivity index (χ3n) is 5.31. The van der Waals surface area contributed by atoms with E-state index in [-0.39, 0.29) is 0 Å². The van der Waals surface area contributed by atoms with Gasteiger partial charge < -0.3 is 9.47 Å². The van der Waals surface area contributed by atoms with Gasteiger partial charge in [0.05, 0.1) is 7.11 Å². The molecule has 0 amide bonds. The monoisotopic (exact) mass is 352 g/mol. The number of hydrogen-bond donors (Lipinski definition) is 0. The lowest BCUT2D eigenvalue weighted by Gasteiger charge is -2.53. The summed E-state index contributed by atoms with van der Waals surface area (Å²) in [6.07, 6.45) is 9.46. The molecule has 2 fully saturated rings. The van der Waals surface area contributed by atoms with Gasteiger partial charge in [-0.25, -0.2) is 0 Å². The van der Waals surface area contributed by atoms with E-state index in [1.807, 2.05) is 0 Å². The van der Waals surface area contributed by atoms with Gasteiger partial charge in [0.1, 0.15) is 6.10 Å². The topological polar surface area (TPSA) is 18.5 Å². The summed E-state index contributed by atoms with van der Waals surface area (Å²) in [5.74, 6) is 1.76. The molecule has 3 heteroatoms. The molecule has 0 aromatic heterocycles. The van der Waals surface area contributed by atoms with E-state index >= 15 is 0 Å². The van der Waals surface area contributed by atoms with Crippen molar-refractivity contribution in [2.45, 2.75) is 62.8 Å². The number of ether oxygens (including phenoxy) is 2. The van der Waals surface area contributed by atoms with Crippen molar-refractivity contribution in [2.24, 2.45) is 5.41 Å². The largest absolute Gasteiger partial charge is 0.493 e. The van der Waals surface area contributed by atoms with Crippen LogP contribution in [0.5, 0.6) is 11.5 Å². The van der Waals surface area contributed by atoms with Gasteiger partial charge in [0.2, 0.25) is 0 Å². The molecule has 2 unspecified atom stereocenters. The zero-order valence-corrected chi connectivity index (χ0v) is 14.6. The van der Waals surface area contributed by atoms with Gasteiger partial charge in [0.25, 0.3) is 0 Å². The van der Waals surface area contributed by atoms with Gasteiger partial charge in [0, 0.05) is 10.2 Å². The van der Waals surface area contributed by atoms with Crippen molar-refractivity contribution in [3.05, 3.63) is 23.8 Å². The minimum atomic E-state index is 0.330. The molecule has 2 saturated carbocycles. The van der Waals surface area contributed by atoms with Crippen LogP contribution in [-0.4, -0.2) is 18.0 Å². The molecule has 1 spiro atoms. The van der Waals surface area contributed by atoms with Crippen molar-refractivity contribution in [2.75, 3.05) is 7.11 Å². The van der Waals surface area contributed by atoms with Crippen LogP contribution in [0.25, 0.3) is 0 Å². The fourth-order valence-corrected chi connectivity index (χ4v) is 5.00. The van der Waals surface area contributed by atoms with Crippen LogP contribution >= 0.6 is 15.9 Å². The molecular formula is C18H25BrO2. The fourth-order valence-electron chi connectivity index (χ4n) is 3.91. The highest BCUT2D eigenvalue weighted by atomic mass is 79.9. The van der Waals surface area contributed by atoms with Gasteiger partial charge in [-0.15, -0.1) is 0 Å². The van der Waals surface area contributed by atoms with Crippen molar-refractivity contribution in [3.63, 3.8) is 0 Å². The Bertz CT molecular complexity index is 492. The first-order chi connectivity index (χ1) is 10.2. The van der Waals surface area contributed by atoms with Gasteiger partial charge in [0.15, 0.2) is 11.5 Å². The van der Waals surface area contributed by atoms with Crippen LogP contribution in [0.1, 0.15) is 50.5 Å². The van der Waals surface area contributed by atoms with Crippen LogP contribution < -0.4 is 9.47 Å². The Balaban J connectivity index is 1.78. The smallest absolute Gasteiger partial charge is 0.161 e. The molecule has 2 nitrogen and oxygen atoms in total. The summed E-state index contributed by atoms with van der Waals surface area (Å²) < 4.78 is 11.9. The number of hydrogen-bond acceptors (Lipinski definition) is 2. The highest BCUT2D eigenvalue weighted by Crippen LogP contribution is 2.56. The van der Waals surface area contributed by atoms with Gasteiger partial charge >= 0.3 is 0 Å². The fraction of sp³-hybridized carbons (Fsp3) is 0.667. The summed E-state index contributed by atoms with van der Waals surface area (Å²) in [4.78, 5) is 0.615. The van der Waals surface area contributed by atoms with E-state index in [0.29, 0.717) is 16.3 Å². The molecular weight excluding hydrogens is 328 g/mol. The quantitative estimate of drug-likeness (QED) is 0.690. The van der Waals surface area contributed by atoms with E-state index in [4.69, 9.17) is 9.47 Å². The normalized spacial score (nSPS) is 27.8. The molecule has 1 aromatic carbocycles. The number of halogens is 1. The SMILES string of the molecule is COc1cc(C)ccc1OC1CC(Br)C12CCCCCC2. The first-order valence-corrected chi connectivity index (χ1v) is 9.03. The molecule has 1 aromatic rings. The van der Waals surface area contributed by atoms with Crippen molar-refractivity contribution in [3.8, 4) is 11.5 Å². The number of rotatable bonds is 3.